The van der Waals surface area contributed by atoms with E-state index in [1.807, 2.05) is 19.1 Å². The number of nitrogens with zero attached hydrogens (tertiary/aromatic N) is 1. The molecule has 0 aliphatic carbocycles. The highest BCUT2D eigenvalue weighted by atomic mass is 32.1. The second kappa shape index (κ2) is 8.10. The highest BCUT2D eigenvalue weighted by Gasteiger charge is 2.10. The zero-order valence-electron chi connectivity index (χ0n) is 12.2. The molecule has 0 bridgehead atoms. The lowest BCUT2D eigenvalue weighted by Crippen LogP contribution is -2.20. The minimum atomic E-state index is 0.388. The fourth-order valence-electron chi connectivity index (χ4n) is 2.05. The third-order valence-corrected chi connectivity index (χ3v) is 3.39. The molecule has 1 unspecified atom stereocenters. The Morgan fingerprint density at radius 3 is 2.74 bits per heavy atom. The number of nitrogens with one attached hydrogen (secondary N) is 1. The van der Waals surface area contributed by atoms with Crippen molar-refractivity contribution in [1.82, 2.24) is 4.98 Å². The SMILES string of the molecule is CCCCCCC(C)Nc1nc(C)ccc1C(N)=S. The van der Waals surface area contributed by atoms with Gasteiger partial charge in [0.1, 0.15) is 10.8 Å². The summed E-state index contributed by atoms with van der Waals surface area (Å²) >= 11 is 5.07. The Morgan fingerprint density at radius 1 is 1.37 bits per heavy atom. The third kappa shape index (κ3) is 5.55. The number of nitrogens with two attached hydrogens (primary N) is 1. The van der Waals surface area contributed by atoms with Crippen LogP contribution in [0.2, 0.25) is 0 Å². The third-order valence-electron chi connectivity index (χ3n) is 3.17. The number of pyridine rings is 1. The van der Waals surface area contributed by atoms with Gasteiger partial charge in [-0.25, -0.2) is 4.98 Å². The van der Waals surface area contributed by atoms with Gasteiger partial charge in [0.2, 0.25) is 0 Å². The van der Waals surface area contributed by atoms with Gasteiger partial charge < -0.3 is 11.1 Å². The van der Waals surface area contributed by atoms with E-state index in [2.05, 4.69) is 24.1 Å². The molecule has 1 aromatic heterocycles. The molecule has 0 saturated carbocycles. The molecule has 0 spiro atoms. The van der Waals surface area contributed by atoms with E-state index in [-0.39, 0.29) is 0 Å². The molecule has 1 atom stereocenters. The number of aromatic nitrogens is 1. The van der Waals surface area contributed by atoms with Crippen LogP contribution in [0.15, 0.2) is 12.1 Å². The van der Waals surface area contributed by atoms with Gasteiger partial charge in [-0.2, -0.15) is 0 Å². The molecule has 0 aliphatic heterocycles. The molecule has 0 fully saturated rings. The summed E-state index contributed by atoms with van der Waals surface area (Å²) in [7, 11) is 0. The molecule has 4 heteroatoms. The molecule has 3 N–H and O–H groups in total. The monoisotopic (exact) mass is 279 g/mol. The first kappa shape index (κ1) is 15.9. The molecule has 1 heterocycles. The van der Waals surface area contributed by atoms with Crippen LogP contribution in [0.5, 0.6) is 0 Å². The number of hydrogen-bond donors (Lipinski definition) is 2. The van der Waals surface area contributed by atoms with Crippen molar-refractivity contribution in [1.29, 1.82) is 0 Å². The first-order valence-corrected chi connectivity index (χ1v) is 7.49. The number of thiocarbonyl (C=S) groups is 1. The van der Waals surface area contributed by atoms with E-state index in [1.165, 1.54) is 25.7 Å². The Balaban J connectivity index is 2.60. The van der Waals surface area contributed by atoms with Crippen molar-refractivity contribution in [3.05, 3.63) is 23.4 Å². The van der Waals surface area contributed by atoms with Crippen LogP contribution in [0, 0.1) is 6.92 Å². The van der Waals surface area contributed by atoms with Crippen LogP contribution in [-0.4, -0.2) is 16.0 Å². The first-order valence-electron chi connectivity index (χ1n) is 7.08. The highest BCUT2D eigenvalue weighted by molar-refractivity contribution is 7.80. The van der Waals surface area contributed by atoms with Crippen LogP contribution in [-0.2, 0) is 0 Å². The van der Waals surface area contributed by atoms with Gasteiger partial charge in [0, 0.05) is 11.7 Å². The summed E-state index contributed by atoms with van der Waals surface area (Å²) in [6.07, 6.45) is 6.27. The molecular weight excluding hydrogens is 254 g/mol. The van der Waals surface area contributed by atoms with E-state index in [0.29, 0.717) is 11.0 Å². The van der Waals surface area contributed by atoms with Crippen molar-refractivity contribution in [2.75, 3.05) is 5.32 Å². The Morgan fingerprint density at radius 2 is 2.11 bits per heavy atom. The number of rotatable bonds is 8. The van der Waals surface area contributed by atoms with Gasteiger partial charge in [0.25, 0.3) is 0 Å². The lowest BCUT2D eigenvalue weighted by Gasteiger charge is -2.17. The topological polar surface area (TPSA) is 50.9 Å². The number of anilines is 1. The van der Waals surface area contributed by atoms with Crippen LogP contribution in [0.25, 0.3) is 0 Å². The zero-order chi connectivity index (χ0) is 14.3. The quantitative estimate of drug-likeness (QED) is 0.561. The standard InChI is InChI=1S/C15H25N3S/c1-4-5-6-7-8-11(2)17-15-13(14(16)19)10-9-12(3)18-15/h9-11H,4-8H2,1-3H3,(H2,16,19)(H,17,18). The summed E-state index contributed by atoms with van der Waals surface area (Å²) in [5.41, 5.74) is 7.54. The van der Waals surface area contributed by atoms with Crippen LogP contribution in [0.3, 0.4) is 0 Å². The summed E-state index contributed by atoms with van der Waals surface area (Å²) in [6, 6.07) is 4.27. The number of aryl methyl sites for hydroxylation is 1. The van der Waals surface area contributed by atoms with E-state index >= 15 is 0 Å². The van der Waals surface area contributed by atoms with Crippen molar-refractivity contribution in [2.45, 2.75) is 58.9 Å². The molecule has 3 nitrogen and oxygen atoms in total. The Hall–Kier alpha value is -1.16. The average molecular weight is 279 g/mol. The van der Waals surface area contributed by atoms with Gasteiger partial charge in [-0.1, -0.05) is 44.8 Å². The van der Waals surface area contributed by atoms with Gasteiger partial charge in [-0.05, 0) is 32.4 Å². The van der Waals surface area contributed by atoms with Gasteiger partial charge in [-0.15, -0.1) is 0 Å². The Bertz CT molecular complexity index is 418. The molecule has 106 valence electrons. The van der Waals surface area contributed by atoms with E-state index < -0.39 is 0 Å². The van der Waals surface area contributed by atoms with Crippen LogP contribution >= 0.6 is 12.2 Å². The molecule has 1 aromatic rings. The largest absolute Gasteiger partial charge is 0.389 e. The zero-order valence-corrected chi connectivity index (χ0v) is 13.0. The normalized spacial score (nSPS) is 12.2. The number of hydrogen-bond acceptors (Lipinski definition) is 3. The minimum Gasteiger partial charge on any atom is -0.389 e. The maximum absolute atomic E-state index is 5.73. The lowest BCUT2D eigenvalue weighted by atomic mass is 10.1. The summed E-state index contributed by atoms with van der Waals surface area (Å²) in [5, 5.41) is 3.43. The molecular formula is C15H25N3S. The van der Waals surface area contributed by atoms with Crippen LogP contribution in [0.1, 0.15) is 57.2 Å². The van der Waals surface area contributed by atoms with Crippen LogP contribution in [0.4, 0.5) is 5.82 Å². The molecule has 0 aromatic carbocycles. The van der Waals surface area contributed by atoms with Gasteiger partial charge in [-0.3, -0.25) is 0 Å². The van der Waals surface area contributed by atoms with Crippen LogP contribution < -0.4 is 11.1 Å². The summed E-state index contributed by atoms with van der Waals surface area (Å²) in [5.74, 6) is 0.815. The smallest absolute Gasteiger partial charge is 0.136 e. The van der Waals surface area contributed by atoms with Crippen molar-refractivity contribution < 1.29 is 0 Å². The van der Waals surface area contributed by atoms with Gasteiger partial charge >= 0.3 is 0 Å². The molecule has 0 saturated heterocycles. The minimum absolute atomic E-state index is 0.388. The summed E-state index contributed by atoms with van der Waals surface area (Å²) < 4.78 is 0. The van der Waals surface area contributed by atoms with Crippen molar-refractivity contribution in [3.63, 3.8) is 0 Å². The molecule has 19 heavy (non-hydrogen) atoms. The number of unbranched alkanes of at least 4 members (excludes halogenated alkanes) is 3. The highest BCUT2D eigenvalue weighted by Crippen LogP contribution is 2.16. The molecule has 0 amide bonds. The van der Waals surface area contributed by atoms with E-state index in [0.717, 1.165) is 23.5 Å². The predicted molar refractivity (Wildman–Crippen MR) is 86.7 cm³/mol. The molecule has 0 aliphatic rings. The van der Waals surface area contributed by atoms with E-state index in [4.69, 9.17) is 18.0 Å². The summed E-state index contributed by atoms with van der Waals surface area (Å²) in [4.78, 5) is 4.90. The maximum Gasteiger partial charge on any atom is 0.136 e. The predicted octanol–water partition coefficient (Wildman–Crippen LogP) is 3.80. The molecule has 1 rings (SSSR count). The second-order valence-electron chi connectivity index (χ2n) is 5.11. The maximum atomic E-state index is 5.73. The lowest BCUT2D eigenvalue weighted by molar-refractivity contribution is 0.593. The Kier molecular flexibility index (Phi) is 6.78. The second-order valence-corrected chi connectivity index (χ2v) is 5.55. The van der Waals surface area contributed by atoms with E-state index in [9.17, 15) is 0 Å². The fourth-order valence-corrected chi connectivity index (χ4v) is 2.21. The average Bonchev–Trinajstić information content (AvgIpc) is 2.34. The fraction of sp³-hybridized carbons (Fsp3) is 0.600. The van der Waals surface area contributed by atoms with Gasteiger partial charge in [0.05, 0.1) is 5.56 Å². The van der Waals surface area contributed by atoms with E-state index in [1.54, 1.807) is 0 Å². The van der Waals surface area contributed by atoms with Crippen molar-refractivity contribution in [2.24, 2.45) is 5.73 Å². The van der Waals surface area contributed by atoms with Crippen molar-refractivity contribution >= 4 is 23.0 Å². The van der Waals surface area contributed by atoms with Gasteiger partial charge in [0.15, 0.2) is 0 Å². The Labute approximate surface area is 122 Å². The first-order chi connectivity index (χ1) is 9.04. The molecule has 0 radical (unpaired) electrons. The van der Waals surface area contributed by atoms with Crippen molar-refractivity contribution in [3.8, 4) is 0 Å². The summed E-state index contributed by atoms with van der Waals surface area (Å²) in [6.45, 7) is 6.38.